The third kappa shape index (κ3) is 51.2. The molecule has 0 rings (SSSR count). The number of rotatable bonds is 47. The minimum atomic E-state index is -0.811. The number of hydrogen-bond donors (Lipinski definition) is 0. The Morgan fingerprint density at radius 3 is 1.06 bits per heavy atom. The zero-order chi connectivity index (χ0) is 47.2. The fourth-order valence-electron chi connectivity index (χ4n) is 7.02. The molecular weight excluding hydrogens is 805 g/mol. The molecule has 0 aliphatic rings. The number of hydrogen-bond acceptors (Lipinski definition) is 6. The molecule has 0 amide bonds. The van der Waals surface area contributed by atoms with E-state index in [1.807, 2.05) is 0 Å². The van der Waals surface area contributed by atoms with Crippen LogP contribution in [0.2, 0.25) is 0 Å². The normalized spacial score (nSPS) is 12.8. The lowest BCUT2D eigenvalue weighted by Crippen LogP contribution is -2.30. The van der Waals surface area contributed by atoms with Crippen molar-refractivity contribution in [3.05, 3.63) is 97.2 Å². The Kier molecular flexibility index (Phi) is 50.0. The number of unbranched alkanes of at least 4 members (excludes halogenated alkanes) is 20. The summed E-state index contributed by atoms with van der Waals surface area (Å²) in [7, 11) is 0. The van der Waals surface area contributed by atoms with Crippen LogP contribution in [0.1, 0.15) is 239 Å². The molecule has 0 spiro atoms. The van der Waals surface area contributed by atoms with Crippen LogP contribution in [0.3, 0.4) is 0 Å². The van der Waals surface area contributed by atoms with Gasteiger partial charge in [0.05, 0.1) is 0 Å². The van der Waals surface area contributed by atoms with Crippen LogP contribution < -0.4 is 0 Å². The van der Waals surface area contributed by atoms with Crippen molar-refractivity contribution in [1.29, 1.82) is 0 Å². The molecule has 0 saturated heterocycles. The highest BCUT2D eigenvalue weighted by Gasteiger charge is 2.19. The molecule has 65 heavy (non-hydrogen) atoms. The van der Waals surface area contributed by atoms with Gasteiger partial charge in [0.15, 0.2) is 6.10 Å². The number of esters is 3. The van der Waals surface area contributed by atoms with Crippen molar-refractivity contribution in [2.24, 2.45) is 0 Å². The van der Waals surface area contributed by atoms with Gasteiger partial charge in [-0.2, -0.15) is 0 Å². The summed E-state index contributed by atoms with van der Waals surface area (Å²) < 4.78 is 16.8. The van der Waals surface area contributed by atoms with Gasteiger partial charge in [-0.25, -0.2) is 0 Å². The maximum atomic E-state index is 12.8. The van der Waals surface area contributed by atoms with Crippen LogP contribution in [-0.2, 0) is 28.6 Å². The van der Waals surface area contributed by atoms with Gasteiger partial charge in [0, 0.05) is 19.3 Å². The second-order valence-electron chi connectivity index (χ2n) is 17.4. The lowest BCUT2D eigenvalue weighted by molar-refractivity contribution is -0.167. The van der Waals surface area contributed by atoms with Crippen molar-refractivity contribution in [1.82, 2.24) is 0 Å². The van der Waals surface area contributed by atoms with Crippen molar-refractivity contribution < 1.29 is 28.6 Å². The SMILES string of the molecule is CC/C=C\C/C=C\C/C=C\C/C=C\C/C=C\CCCC(=O)OC[C@@H](COC(=O)CCCCCCC/C=C\C/C=C\CCCC)OC(=O)CCCCCCC/C=C\CCCCCCCCC. The number of ether oxygens (including phenoxy) is 3. The van der Waals surface area contributed by atoms with E-state index < -0.39 is 6.10 Å². The lowest BCUT2D eigenvalue weighted by Gasteiger charge is -2.18. The topological polar surface area (TPSA) is 78.9 Å². The molecule has 0 aromatic rings. The van der Waals surface area contributed by atoms with Crippen LogP contribution in [0.4, 0.5) is 0 Å². The third-order valence-corrected chi connectivity index (χ3v) is 11.0. The molecule has 0 unspecified atom stereocenters. The van der Waals surface area contributed by atoms with Crippen LogP contribution in [0.25, 0.3) is 0 Å². The fraction of sp³-hybridized carbons (Fsp3) is 0.678. The second-order valence-corrected chi connectivity index (χ2v) is 17.4. The summed E-state index contributed by atoms with van der Waals surface area (Å²) in [6, 6.07) is 0. The standard InChI is InChI=1S/C59H98O6/c1-4-7-10-13-16-19-22-25-28-30-32-34-37-40-43-46-49-52-58(61)64-55-56(54-63-57(60)51-48-45-42-39-36-33-27-24-21-18-15-12-9-6-3)65-59(62)53-50-47-44-41-38-35-31-29-26-23-20-17-14-11-8-5-2/h7,10,15-16,18-19,24-25,27-29,31-32,34,40,43,56H,4-6,8-9,11-14,17,20-23,26,30,33,35-39,41-42,44-55H2,1-3H3/b10-7-,18-15-,19-16-,27-24-,28-25-,31-29-,34-32-,43-40-/t56-/m1/s1. The maximum absolute atomic E-state index is 12.8. The first kappa shape index (κ1) is 61.3. The van der Waals surface area contributed by atoms with Gasteiger partial charge in [-0.3, -0.25) is 14.4 Å². The summed E-state index contributed by atoms with van der Waals surface area (Å²) in [5.74, 6) is -0.990. The van der Waals surface area contributed by atoms with E-state index in [4.69, 9.17) is 14.2 Å². The summed E-state index contributed by atoms with van der Waals surface area (Å²) in [4.78, 5) is 38.0. The molecular formula is C59H98O6. The molecule has 370 valence electrons. The number of allylic oxidation sites excluding steroid dienone is 16. The first-order valence-corrected chi connectivity index (χ1v) is 26.7. The Morgan fingerprint density at radius 2 is 0.631 bits per heavy atom. The predicted octanol–water partition coefficient (Wildman–Crippen LogP) is 17.8. The molecule has 0 radical (unpaired) electrons. The van der Waals surface area contributed by atoms with Crippen LogP contribution in [0.15, 0.2) is 97.2 Å². The van der Waals surface area contributed by atoms with E-state index >= 15 is 0 Å². The Hall–Kier alpha value is -3.67. The summed E-state index contributed by atoms with van der Waals surface area (Å²) in [6.07, 6.45) is 69.6. The average molecular weight is 903 g/mol. The van der Waals surface area contributed by atoms with E-state index in [0.717, 1.165) is 116 Å². The first-order valence-electron chi connectivity index (χ1n) is 26.7. The highest BCUT2D eigenvalue weighted by Crippen LogP contribution is 2.13. The molecule has 6 heteroatoms. The largest absolute Gasteiger partial charge is 0.462 e. The van der Waals surface area contributed by atoms with Gasteiger partial charge < -0.3 is 14.2 Å². The van der Waals surface area contributed by atoms with E-state index in [0.29, 0.717) is 19.3 Å². The summed E-state index contributed by atoms with van der Waals surface area (Å²) in [5, 5.41) is 0. The Balaban J connectivity index is 4.52. The zero-order valence-corrected chi connectivity index (χ0v) is 42.2. The van der Waals surface area contributed by atoms with Gasteiger partial charge >= 0.3 is 17.9 Å². The fourth-order valence-corrected chi connectivity index (χ4v) is 7.02. The average Bonchev–Trinajstić information content (AvgIpc) is 3.30. The summed E-state index contributed by atoms with van der Waals surface area (Å²) in [5.41, 5.74) is 0. The molecule has 1 atom stereocenters. The molecule has 0 heterocycles. The number of carbonyl (C=O) groups is 3. The van der Waals surface area contributed by atoms with Gasteiger partial charge in [-0.05, 0) is 109 Å². The van der Waals surface area contributed by atoms with Crippen LogP contribution in [0.5, 0.6) is 0 Å². The molecule has 0 N–H and O–H groups in total. The molecule has 0 saturated carbocycles. The van der Waals surface area contributed by atoms with Crippen molar-refractivity contribution >= 4 is 17.9 Å². The Morgan fingerprint density at radius 1 is 0.323 bits per heavy atom. The van der Waals surface area contributed by atoms with Gasteiger partial charge in [0.1, 0.15) is 13.2 Å². The zero-order valence-electron chi connectivity index (χ0n) is 42.2. The predicted molar refractivity (Wildman–Crippen MR) is 279 cm³/mol. The minimum Gasteiger partial charge on any atom is -0.462 e. The second kappa shape index (κ2) is 52.9. The molecule has 0 aromatic heterocycles. The van der Waals surface area contributed by atoms with Crippen LogP contribution in [-0.4, -0.2) is 37.2 Å². The van der Waals surface area contributed by atoms with E-state index in [2.05, 4.69) is 118 Å². The summed E-state index contributed by atoms with van der Waals surface area (Å²) >= 11 is 0. The highest BCUT2D eigenvalue weighted by molar-refractivity contribution is 5.71. The lowest BCUT2D eigenvalue weighted by atomic mass is 10.1. The van der Waals surface area contributed by atoms with E-state index in [-0.39, 0.29) is 37.5 Å². The van der Waals surface area contributed by atoms with Gasteiger partial charge in [0.25, 0.3) is 0 Å². The Bertz CT molecular complexity index is 1310. The first-order chi connectivity index (χ1) is 32.0. The van der Waals surface area contributed by atoms with Crippen molar-refractivity contribution in [3.8, 4) is 0 Å². The van der Waals surface area contributed by atoms with Crippen LogP contribution >= 0.6 is 0 Å². The molecule has 0 fully saturated rings. The van der Waals surface area contributed by atoms with Crippen molar-refractivity contribution in [3.63, 3.8) is 0 Å². The maximum Gasteiger partial charge on any atom is 0.306 e. The van der Waals surface area contributed by atoms with Crippen LogP contribution in [0, 0.1) is 0 Å². The third-order valence-electron chi connectivity index (χ3n) is 11.0. The molecule has 0 aromatic carbocycles. The minimum absolute atomic E-state index is 0.107. The van der Waals surface area contributed by atoms with E-state index in [9.17, 15) is 14.4 Å². The molecule has 0 aliphatic carbocycles. The smallest absolute Gasteiger partial charge is 0.306 e. The Labute approximate surface area is 400 Å². The summed E-state index contributed by atoms with van der Waals surface area (Å²) in [6.45, 7) is 6.41. The number of carbonyl (C=O) groups excluding carboxylic acids is 3. The van der Waals surface area contributed by atoms with Gasteiger partial charge in [0.2, 0.25) is 0 Å². The highest BCUT2D eigenvalue weighted by atomic mass is 16.6. The van der Waals surface area contributed by atoms with Gasteiger partial charge in [-0.15, -0.1) is 0 Å². The molecule has 0 bridgehead atoms. The monoisotopic (exact) mass is 903 g/mol. The van der Waals surface area contributed by atoms with E-state index in [1.165, 1.54) is 77.0 Å². The quantitative estimate of drug-likeness (QED) is 0.0262. The van der Waals surface area contributed by atoms with E-state index in [1.54, 1.807) is 0 Å². The molecule has 6 nitrogen and oxygen atoms in total. The van der Waals surface area contributed by atoms with Crippen molar-refractivity contribution in [2.75, 3.05) is 13.2 Å². The van der Waals surface area contributed by atoms with Crippen molar-refractivity contribution in [2.45, 2.75) is 245 Å². The van der Waals surface area contributed by atoms with Gasteiger partial charge in [-0.1, -0.05) is 208 Å². The molecule has 0 aliphatic heterocycles.